The van der Waals surface area contributed by atoms with Gasteiger partial charge in [-0.25, -0.2) is 0 Å². The van der Waals surface area contributed by atoms with Gasteiger partial charge in [0.2, 0.25) is 0 Å². The highest BCUT2D eigenvalue weighted by Gasteiger charge is 2.31. The van der Waals surface area contributed by atoms with Crippen molar-refractivity contribution in [1.29, 1.82) is 0 Å². The Bertz CT molecular complexity index is 1050. The average molecular weight is 388 g/mol. The molecule has 2 aromatic carbocycles. The zero-order valence-corrected chi connectivity index (χ0v) is 16.7. The maximum atomic E-state index is 13.0. The molecule has 4 rings (SSSR count). The first kappa shape index (κ1) is 19.1. The van der Waals surface area contributed by atoms with Gasteiger partial charge >= 0.3 is 0 Å². The smallest absolute Gasteiger partial charge is 0.166 e. The Balaban J connectivity index is 1.67. The van der Waals surface area contributed by atoms with Gasteiger partial charge in [0, 0.05) is 43.1 Å². The fourth-order valence-corrected chi connectivity index (χ4v) is 3.85. The van der Waals surface area contributed by atoms with Crippen molar-refractivity contribution in [2.75, 3.05) is 6.61 Å². The summed E-state index contributed by atoms with van der Waals surface area (Å²) in [5.74, 6) is 0.688. The monoisotopic (exact) mass is 388 g/mol. The van der Waals surface area contributed by atoms with Crippen LogP contribution in [0.25, 0.3) is 0 Å². The molecular weight excluding hydrogens is 364 g/mol. The van der Waals surface area contributed by atoms with Gasteiger partial charge in [-0.1, -0.05) is 37.3 Å². The van der Waals surface area contributed by atoms with E-state index < -0.39 is 0 Å². The number of hydrogen-bond acceptors (Lipinski definition) is 4. The van der Waals surface area contributed by atoms with Crippen LogP contribution < -0.4 is 4.74 Å². The van der Waals surface area contributed by atoms with Crippen LogP contribution in [0.4, 0.5) is 0 Å². The molecular formula is C24H24N2O3. The quantitative estimate of drug-likeness (QED) is 0.565. The zero-order chi connectivity index (χ0) is 20.4. The molecule has 1 aliphatic rings. The van der Waals surface area contributed by atoms with Crippen molar-refractivity contribution in [3.63, 3.8) is 0 Å². The molecule has 29 heavy (non-hydrogen) atoms. The van der Waals surface area contributed by atoms with Gasteiger partial charge in [-0.15, -0.1) is 0 Å². The van der Waals surface area contributed by atoms with Crippen molar-refractivity contribution in [1.82, 2.24) is 9.78 Å². The molecule has 148 valence electrons. The number of ether oxygens (including phenoxy) is 1. The number of nitrogens with zero attached hydrogens (tertiary/aromatic N) is 2. The van der Waals surface area contributed by atoms with Gasteiger partial charge in [0.25, 0.3) is 0 Å². The third-order valence-corrected chi connectivity index (χ3v) is 5.43. The molecule has 5 nitrogen and oxygen atoms in total. The van der Waals surface area contributed by atoms with Crippen LogP contribution in [0.1, 0.15) is 63.1 Å². The Morgan fingerprint density at radius 2 is 1.97 bits per heavy atom. The summed E-state index contributed by atoms with van der Waals surface area (Å²) in [6.45, 7) is 2.31. The van der Waals surface area contributed by atoms with E-state index in [1.165, 1.54) is 0 Å². The van der Waals surface area contributed by atoms with Crippen LogP contribution in [0, 0.1) is 0 Å². The van der Waals surface area contributed by atoms with E-state index >= 15 is 0 Å². The maximum Gasteiger partial charge on any atom is 0.166 e. The number of carbonyl (C=O) groups excluding carboxylic acids is 2. The molecule has 5 heteroatoms. The number of aromatic nitrogens is 2. The lowest BCUT2D eigenvalue weighted by Gasteiger charge is -2.12. The second-order valence-corrected chi connectivity index (χ2v) is 7.44. The van der Waals surface area contributed by atoms with E-state index in [-0.39, 0.29) is 17.5 Å². The minimum Gasteiger partial charge on any atom is -0.492 e. The number of rotatable bonds is 7. The lowest BCUT2D eigenvalue weighted by Crippen LogP contribution is -2.07. The van der Waals surface area contributed by atoms with Crippen LogP contribution in [0.15, 0.2) is 54.9 Å². The summed E-state index contributed by atoms with van der Waals surface area (Å²) < 4.78 is 7.67. The van der Waals surface area contributed by atoms with Gasteiger partial charge in [-0.3, -0.25) is 14.3 Å². The van der Waals surface area contributed by atoms with Gasteiger partial charge in [0.1, 0.15) is 5.75 Å². The molecule has 0 saturated heterocycles. The molecule has 0 saturated carbocycles. The molecule has 1 unspecified atom stereocenters. The summed E-state index contributed by atoms with van der Waals surface area (Å²) >= 11 is 0. The second kappa shape index (κ2) is 8.03. The molecule has 0 radical (unpaired) electrons. The molecule has 0 fully saturated rings. The summed E-state index contributed by atoms with van der Waals surface area (Å²) in [6.07, 6.45) is 5.07. The third-order valence-electron chi connectivity index (χ3n) is 5.43. The Hall–Kier alpha value is -3.21. The van der Waals surface area contributed by atoms with Crippen molar-refractivity contribution >= 4 is 11.6 Å². The van der Waals surface area contributed by atoms with Gasteiger partial charge in [-0.05, 0) is 29.7 Å². The molecule has 0 aliphatic carbocycles. The molecule has 2 heterocycles. The topological polar surface area (TPSA) is 61.2 Å². The maximum absolute atomic E-state index is 13.0. The van der Waals surface area contributed by atoms with Crippen LogP contribution in [-0.2, 0) is 13.5 Å². The molecule has 1 aromatic heterocycles. The molecule has 1 atom stereocenters. The highest BCUT2D eigenvalue weighted by Crippen LogP contribution is 2.41. The lowest BCUT2D eigenvalue weighted by molar-refractivity contribution is 0.0982. The minimum atomic E-state index is -0.00290. The van der Waals surface area contributed by atoms with Crippen molar-refractivity contribution in [2.24, 2.45) is 7.05 Å². The van der Waals surface area contributed by atoms with Crippen LogP contribution in [0.5, 0.6) is 5.75 Å². The number of aryl methyl sites for hydroxylation is 2. The predicted octanol–water partition coefficient (Wildman–Crippen LogP) is 4.35. The summed E-state index contributed by atoms with van der Waals surface area (Å²) in [4.78, 5) is 25.5. The van der Waals surface area contributed by atoms with Crippen LogP contribution in [0.3, 0.4) is 0 Å². The normalized spacial score (nSPS) is 15.0. The highest BCUT2D eigenvalue weighted by molar-refractivity contribution is 6.04. The summed E-state index contributed by atoms with van der Waals surface area (Å²) in [6, 6.07) is 13.7. The predicted molar refractivity (Wildman–Crippen MR) is 111 cm³/mol. The molecule has 0 N–H and O–H groups in total. The van der Waals surface area contributed by atoms with E-state index in [1.807, 2.05) is 44.4 Å². The SMILES string of the molecule is CCC(=O)c1cc(C(=O)CCc2cnn(C)c2)cc2c1OCC2c1ccccc1. The van der Waals surface area contributed by atoms with Crippen LogP contribution in [0.2, 0.25) is 0 Å². The second-order valence-electron chi connectivity index (χ2n) is 7.44. The van der Waals surface area contributed by atoms with Crippen molar-refractivity contribution < 1.29 is 14.3 Å². The summed E-state index contributed by atoms with van der Waals surface area (Å²) in [5.41, 5.74) is 4.18. The van der Waals surface area contributed by atoms with Crippen LogP contribution in [-0.4, -0.2) is 28.0 Å². The molecule has 0 bridgehead atoms. The number of hydrogen-bond donors (Lipinski definition) is 0. The fraction of sp³-hybridized carbons (Fsp3) is 0.292. The van der Waals surface area contributed by atoms with Gasteiger partial charge in [-0.2, -0.15) is 5.10 Å². The largest absolute Gasteiger partial charge is 0.492 e. The third kappa shape index (κ3) is 3.86. The number of benzene rings is 2. The Morgan fingerprint density at radius 1 is 1.17 bits per heavy atom. The number of fused-ring (bicyclic) bond motifs is 1. The van der Waals surface area contributed by atoms with E-state index in [9.17, 15) is 9.59 Å². The van der Waals surface area contributed by atoms with E-state index in [2.05, 4.69) is 17.2 Å². The van der Waals surface area contributed by atoms with E-state index in [0.29, 0.717) is 42.7 Å². The van der Waals surface area contributed by atoms with Crippen molar-refractivity contribution in [3.8, 4) is 5.75 Å². The Morgan fingerprint density at radius 3 is 2.66 bits per heavy atom. The number of carbonyl (C=O) groups is 2. The summed E-state index contributed by atoms with van der Waals surface area (Å²) in [5, 5.41) is 4.15. The van der Waals surface area contributed by atoms with Gasteiger partial charge < -0.3 is 4.74 Å². The van der Waals surface area contributed by atoms with Crippen molar-refractivity contribution in [3.05, 3.63) is 82.7 Å². The van der Waals surface area contributed by atoms with Gasteiger partial charge in [0.05, 0.1) is 18.4 Å². The summed E-state index contributed by atoms with van der Waals surface area (Å²) in [7, 11) is 1.86. The lowest BCUT2D eigenvalue weighted by atomic mass is 9.88. The molecule has 0 amide bonds. The van der Waals surface area contributed by atoms with Gasteiger partial charge in [0.15, 0.2) is 11.6 Å². The molecule has 0 spiro atoms. The molecule has 3 aromatic rings. The first-order valence-corrected chi connectivity index (χ1v) is 9.96. The minimum absolute atomic E-state index is 0.00290. The van der Waals surface area contributed by atoms with Crippen LogP contribution >= 0.6 is 0 Å². The van der Waals surface area contributed by atoms with E-state index in [4.69, 9.17) is 4.74 Å². The highest BCUT2D eigenvalue weighted by atomic mass is 16.5. The number of ketones is 2. The zero-order valence-electron chi connectivity index (χ0n) is 16.7. The van der Waals surface area contributed by atoms with Crippen molar-refractivity contribution in [2.45, 2.75) is 32.1 Å². The first-order chi connectivity index (χ1) is 14.1. The average Bonchev–Trinajstić information content (AvgIpc) is 3.37. The fourth-order valence-electron chi connectivity index (χ4n) is 3.85. The molecule has 1 aliphatic heterocycles. The van der Waals surface area contributed by atoms with E-state index in [0.717, 1.165) is 16.7 Å². The Labute approximate surface area is 170 Å². The Kier molecular flexibility index (Phi) is 5.30. The standard InChI is InChI=1S/C24H24N2O3/c1-3-22(27)20-12-18(23(28)10-9-16-13-25-26(2)14-16)11-19-21(15-29-24(19)20)17-7-5-4-6-8-17/h4-8,11-14,21H,3,9-10,15H2,1-2H3. The first-order valence-electron chi connectivity index (χ1n) is 9.96. The van der Waals surface area contributed by atoms with E-state index in [1.54, 1.807) is 16.9 Å². The number of Topliss-reactive ketones (excluding diaryl/α,β-unsaturated/α-hetero) is 2.